The average molecular weight is 490 g/mol. The van der Waals surface area contributed by atoms with E-state index >= 15 is 0 Å². The van der Waals surface area contributed by atoms with Gasteiger partial charge in [-0.1, -0.05) is 56.3 Å². The lowest BCUT2D eigenvalue weighted by atomic mass is 9.93. The second-order valence-corrected chi connectivity index (χ2v) is 10.5. The van der Waals surface area contributed by atoms with Crippen molar-refractivity contribution in [2.24, 2.45) is 0 Å². The molecular weight excluding hydrogens is 458 g/mol. The smallest absolute Gasteiger partial charge is 0.255 e. The Morgan fingerprint density at radius 2 is 1.86 bits per heavy atom. The molecule has 2 aliphatic rings. The lowest BCUT2D eigenvalue weighted by Crippen LogP contribution is -2.55. The van der Waals surface area contributed by atoms with Gasteiger partial charge in [-0.3, -0.25) is 9.59 Å². The number of nitrogens with one attached hydrogen (secondary N) is 1. The van der Waals surface area contributed by atoms with Gasteiger partial charge in [0.15, 0.2) is 0 Å². The Hall–Kier alpha value is -3.72. The van der Waals surface area contributed by atoms with E-state index in [1.54, 1.807) is 11.0 Å². The van der Waals surface area contributed by atoms with Crippen molar-refractivity contribution in [2.45, 2.75) is 71.0 Å². The summed E-state index contributed by atoms with van der Waals surface area (Å²) in [5.74, 6) is 0.302. The van der Waals surface area contributed by atoms with Gasteiger partial charge in [0.2, 0.25) is 5.91 Å². The summed E-state index contributed by atoms with van der Waals surface area (Å²) >= 11 is 0. The maximum absolute atomic E-state index is 13.0. The predicted molar refractivity (Wildman–Crippen MR) is 132 cm³/mol. The summed E-state index contributed by atoms with van der Waals surface area (Å²) in [6.45, 7) is 7.70. The number of aliphatic hydroxyl groups is 1. The predicted octanol–water partition coefficient (Wildman–Crippen LogP) is 2.76. The molecule has 9 heteroatoms. The van der Waals surface area contributed by atoms with Gasteiger partial charge < -0.3 is 20.1 Å². The van der Waals surface area contributed by atoms with Gasteiger partial charge in [-0.15, -0.1) is 5.10 Å². The zero-order chi connectivity index (χ0) is 25.4. The van der Waals surface area contributed by atoms with Crippen LogP contribution in [0.15, 0.2) is 48.7 Å². The van der Waals surface area contributed by atoms with Crippen LogP contribution in [0.2, 0.25) is 0 Å². The summed E-state index contributed by atoms with van der Waals surface area (Å²) in [5, 5.41) is 21.3. The second kappa shape index (κ2) is 9.39. The summed E-state index contributed by atoms with van der Waals surface area (Å²) in [4.78, 5) is 26.2. The molecule has 2 aromatic carbocycles. The molecule has 0 radical (unpaired) electrons. The summed E-state index contributed by atoms with van der Waals surface area (Å²) in [5.41, 5.74) is 4.44. The third-order valence-electron chi connectivity index (χ3n) is 6.76. The Kier molecular flexibility index (Phi) is 6.26. The number of aliphatic hydroxyl groups excluding tert-OH is 1. The molecule has 0 spiro atoms. The van der Waals surface area contributed by atoms with E-state index in [9.17, 15) is 14.7 Å². The highest BCUT2D eigenvalue weighted by molar-refractivity contribution is 5.99. The highest BCUT2D eigenvalue weighted by Crippen LogP contribution is 2.34. The van der Waals surface area contributed by atoms with Gasteiger partial charge in [-0.25, -0.2) is 4.68 Å². The maximum atomic E-state index is 13.0. The van der Waals surface area contributed by atoms with E-state index in [1.165, 1.54) is 0 Å². The summed E-state index contributed by atoms with van der Waals surface area (Å²) in [7, 11) is 0. The standard InChI is InChI=1S/C27H31N5O4/c1-27(2,3)23-15-31(30-29-23)13-17-7-9-18(10-8-17)16-36-22-6-4-5-19-20(22)14-32(26(19)35)21-11-12-24(33)28-25(21)34/h4-10,15,21,25,34H,11-14,16H2,1-3H3,(H,28,33). The van der Waals surface area contributed by atoms with E-state index in [4.69, 9.17) is 4.74 Å². The minimum absolute atomic E-state index is 0.0369. The molecule has 2 atom stereocenters. The van der Waals surface area contributed by atoms with Gasteiger partial charge >= 0.3 is 0 Å². The lowest BCUT2D eigenvalue weighted by molar-refractivity contribution is -0.129. The Bertz CT molecular complexity index is 1280. The summed E-state index contributed by atoms with van der Waals surface area (Å²) < 4.78 is 7.97. The Labute approximate surface area is 210 Å². The number of aromatic nitrogens is 3. The van der Waals surface area contributed by atoms with Gasteiger partial charge in [0.05, 0.1) is 24.8 Å². The summed E-state index contributed by atoms with van der Waals surface area (Å²) in [6.07, 6.45) is 1.64. The van der Waals surface area contributed by atoms with Crippen LogP contribution in [0.5, 0.6) is 5.75 Å². The fraction of sp³-hybridized carbons (Fsp3) is 0.407. The molecule has 0 saturated carbocycles. The van der Waals surface area contributed by atoms with Gasteiger partial charge in [0.1, 0.15) is 18.6 Å². The lowest BCUT2D eigenvalue weighted by Gasteiger charge is -2.35. The van der Waals surface area contributed by atoms with Crippen LogP contribution in [0.3, 0.4) is 0 Å². The van der Waals surface area contributed by atoms with Crippen molar-refractivity contribution in [3.8, 4) is 5.75 Å². The van der Waals surface area contributed by atoms with E-state index in [1.807, 2.05) is 35.1 Å². The largest absolute Gasteiger partial charge is 0.489 e. The minimum atomic E-state index is -1.06. The molecule has 5 rings (SSSR count). The number of benzene rings is 2. The van der Waals surface area contributed by atoms with Gasteiger partial charge in [-0.05, 0) is 29.7 Å². The first kappa shape index (κ1) is 24.0. The van der Waals surface area contributed by atoms with Crippen LogP contribution in [-0.4, -0.2) is 49.1 Å². The highest BCUT2D eigenvalue weighted by atomic mass is 16.5. The number of nitrogens with zero attached hydrogens (tertiary/aromatic N) is 4. The van der Waals surface area contributed by atoms with Crippen LogP contribution in [0.4, 0.5) is 0 Å². The van der Waals surface area contributed by atoms with Crippen molar-refractivity contribution in [1.29, 1.82) is 0 Å². The summed E-state index contributed by atoms with van der Waals surface area (Å²) in [6, 6.07) is 13.2. The molecule has 2 amide bonds. The van der Waals surface area contributed by atoms with Crippen LogP contribution < -0.4 is 10.1 Å². The number of carbonyl (C=O) groups is 2. The molecule has 1 saturated heterocycles. The van der Waals surface area contributed by atoms with E-state index in [2.05, 4.69) is 48.5 Å². The molecule has 36 heavy (non-hydrogen) atoms. The van der Waals surface area contributed by atoms with Crippen LogP contribution in [0.1, 0.15) is 66.4 Å². The van der Waals surface area contributed by atoms with Crippen LogP contribution in [-0.2, 0) is 29.9 Å². The zero-order valence-electron chi connectivity index (χ0n) is 20.8. The number of piperidine rings is 1. The first-order valence-electron chi connectivity index (χ1n) is 12.2. The van der Waals surface area contributed by atoms with Crippen LogP contribution >= 0.6 is 0 Å². The third-order valence-corrected chi connectivity index (χ3v) is 6.76. The van der Waals surface area contributed by atoms with Crippen LogP contribution in [0.25, 0.3) is 0 Å². The SMILES string of the molecule is CC(C)(C)c1cn(Cc2ccc(COc3cccc4c3CN(C3CCC(=O)NC3O)C4=O)cc2)nn1. The first-order chi connectivity index (χ1) is 17.2. The maximum Gasteiger partial charge on any atom is 0.255 e. The van der Waals surface area contributed by atoms with E-state index in [-0.39, 0.29) is 23.7 Å². The van der Waals surface area contributed by atoms with Gasteiger partial charge in [-0.2, -0.15) is 0 Å². The number of carbonyl (C=O) groups excluding carboxylic acids is 2. The molecule has 188 valence electrons. The molecule has 2 unspecified atom stereocenters. The number of amides is 2. The quantitative estimate of drug-likeness (QED) is 0.551. The number of hydrogen-bond acceptors (Lipinski definition) is 6. The molecular formula is C27H31N5O4. The van der Waals surface area contributed by atoms with E-state index < -0.39 is 12.3 Å². The van der Waals surface area contributed by atoms with Crippen molar-refractivity contribution in [1.82, 2.24) is 25.2 Å². The molecule has 9 nitrogen and oxygen atoms in total. The highest BCUT2D eigenvalue weighted by Gasteiger charge is 2.40. The normalized spacial score (nSPS) is 19.8. The Morgan fingerprint density at radius 1 is 1.11 bits per heavy atom. The monoisotopic (exact) mass is 489 g/mol. The molecule has 1 aromatic heterocycles. The van der Waals surface area contributed by atoms with E-state index in [0.717, 1.165) is 22.4 Å². The second-order valence-electron chi connectivity index (χ2n) is 10.5. The molecule has 1 fully saturated rings. The number of hydrogen-bond donors (Lipinski definition) is 2. The van der Waals surface area contributed by atoms with Gasteiger partial charge in [0, 0.05) is 29.2 Å². The molecule has 2 N–H and O–H groups in total. The fourth-order valence-electron chi connectivity index (χ4n) is 4.63. The Balaban J connectivity index is 1.23. The number of fused-ring (bicyclic) bond motifs is 1. The molecule has 3 aromatic rings. The number of rotatable bonds is 6. The van der Waals surface area contributed by atoms with Crippen LogP contribution in [0, 0.1) is 0 Å². The molecule has 2 aliphatic heterocycles. The minimum Gasteiger partial charge on any atom is -0.489 e. The van der Waals surface area contributed by atoms with Gasteiger partial charge in [0.25, 0.3) is 5.91 Å². The van der Waals surface area contributed by atoms with E-state index in [0.29, 0.717) is 37.4 Å². The van der Waals surface area contributed by atoms with Crippen molar-refractivity contribution >= 4 is 11.8 Å². The van der Waals surface area contributed by atoms with Crippen molar-refractivity contribution < 1.29 is 19.4 Å². The molecule has 0 bridgehead atoms. The first-order valence-corrected chi connectivity index (χ1v) is 12.2. The molecule has 3 heterocycles. The van der Waals surface area contributed by atoms with Crippen molar-refractivity contribution in [3.05, 3.63) is 76.6 Å². The average Bonchev–Trinajstić information content (AvgIpc) is 3.44. The fourth-order valence-corrected chi connectivity index (χ4v) is 4.63. The molecule has 0 aliphatic carbocycles. The third kappa shape index (κ3) is 4.83. The Morgan fingerprint density at radius 3 is 2.56 bits per heavy atom. The number of ether oxygens (including phenoxy) is 1. The topological polar surface area (TPSA) is 110 Å². The van der Waals surface area contributed by atoms with Crippen molar-refractivity contribution in [3.63, 3.8) is 0 Å². The van der Waals surface area contributed by atoms with Crippen molar-refractivity contribution in [2.75, 3.05) is 0 Å². The zero-order valence-corrected chi connectivity index (χ0v) is 20.8.